The lowest BCUT2D eigenvalue weighted by Crippen LogP contribution is -2.23. The Labute approximate surface area is 145 Å². The molecule has 0 radical (unpaired) electrons. The van der Waals surface area contributed by atoms with Crippen LogP contribution in [0.2, 0.25) is 0 Å². The van der Waals surface area contributed by atoms with E-state index in [-0.39, 0.29) is 5.56 Å². The average molecular weight is 330 g/mol. The predicted octanol–water partition coefficient (Wildman–Crippen LogP) is 3.94. The maximum absolute atomic E-state index is 12.6. The van der Waals surface area contributed by atoms with Crippen LogP contribution in [0.5, 0.6) is 5.75 Å². The molecule has 0 bridgehead atoms. The molecule has 4 heteroatoms. The summed E-state index contributed by atoms with van der Waals surface area (Å²) in [6.07, 6.45) is 1.60. The Kier molecular flexibility index (Phi) is 3.94. The molecule has 4 aromatic rings. The average Bonchev–Trinajstić information content (AvgIpc) is 2.64. The summed E-state index contributed by atoms with van der Waals surface area (Å²) in [5.74, 6) is 0.802. The third kappa shape index (κ3) is 2.98. The molecule has 124 valence electrons. The van der Waals surface area contributed by atoms with Gasteiger partial charge >= 0.3 is 0 Å². The first kappa shape index (κ1) is 15.4. The maximum atomic E-state index is 12.6. The molecule has 3 aromatic carbocycles. The number of nitrogens with zero attached hydrogens (tertiary/aromatic N) is 2. The highest BCUT2D eigenvalue weighted by atomic mass is 16.5. The summed E-state index contributed by atoms with van der Waals surface area (Å²) in [5, 5.41) is 2.97. The minimum Gasteiger partial charge on any atom is -0.492 e. The van der Waals surface area contributed by atoms with Crippen LogP contribution in [0.4, 0.5) is 0 Å². The molecule has 25 heavy (non-hydrogen) atoms. The Morgan fingerprint density at radius 2 is 1.84 bits per heavy atom. The molecule has 0 spiro atoms. The van der Waals surface area contributed by atoms with Crippen molar-refractivity contribution in [1.82, 2.24) is 9.55 Å². The van der Waals surface area contributed by atoms with Gasteiger partial charge in [0.05, 0.1) is 23.8 Å². The first-order valence-corrected chi connectivity index (χ1v) is 8.29. The summed E-state index contributed by atoms with van der Waals surface area (Å²) in [4.78, 5) is 17.0. The lowest BCUT2D eigenvalue weighted by molar-refractivity contribution is 0.296. The fourth-order valence-corrected chi connectivity index (χ4v) is 3.02. The number of ether oxygens (including phenoxy) is 1. The fourth-order valence-electron chi connectivity index (χ4n) is 3.02. The number of para-hydroxylation sites is 1. The van der Waals surface area contributed by atoms with Gasteiger partial charge in [-0.25, -0.2) is 4.98 Å². The molecule has 0 unspecified atom stereocenters. The highest BCUT2D eigenvalue weighted by molar-refractivity contribution is 5.83. The number of benzene rings is 3. The van der Waals surface area contributed by atoms with Crippen molar-refractivity contribution in [2.24, 2.45) is 0 Å². The van der Waals surface area contributed by atoms with E-state index in [2.05, 4.69) is 17.1 Å². The monoisotopic (exact) mass is 330 g/mol. The van der Waals surface area contributed by atoms with Crippen molar-refractivity contribution in [3.63, 3.8) is 0 Å². The first-order chi connectivity index (χ1) is 12.2. The molecule has 0 amide bonds. The summed E-state index contributed by atoms with van der Waals surface area (Å²) in [5.41, 5.74) is 1.74. The van der Waals surface area contributed by atoms with Gasteiger partial charge in [0, 0.05) is 0 Å². The topological polar surface area (TPSA) is 44.1 Å². The van der Waals surface area contributed by atoms with Crippen LogP contribution in [-0.4, -0.2) is 16.2 Å². The van der Waals surface area contributed by atoms with Gasteiger partial charge in [-0.1, -0.05) is 42.5 Å². The van der Waals surface area contributed by atoms with Crippen molar-refractivity contribution in [2.45, 2.75) is 13.5 Å². The number of aromatic nitrogens is 2. The van der Waals surface area contributed by atoms with Gasteiger partial charge in [0.2, 0.25) is 0 Å². The van der Waals surface area contributed by atoms with Gasteiger partial charge < -0.3 is 4.74 Å². The largest absolute Gasteiger partial charge is 0.492 e. The number of hydrogen-bond donors (Lipinski definition) is 0. The van der Waals surface area contributed by atoms with Crippen molar-refractivity contribution in [3.05, 3.63) is 82.9 Å². The zero-order valence-corrected chi connectivity index (χ0v) is 14.0. The van der Waals surface area contributed by atoms with Crippen LogP contribution in [0.15, 0.2) is 71.8 Å². The van der Waals surface area contributed by atoms with Gasteiger partial charge in [-0.3, -0.25) is 9.36 Å². The van der Waals surface area contributed by atoms with Crippen LogP contribution in [0.1, 0.15) is 5.56 Å². The summed E-state index contributed by atoms with van der Waals surface area (Å²) in [6.45, 7) is 2.84. The highest BCUT2D eigenvalue weighted by Crippen LogP contribution is 2.20. The van der Waals surface area contributed by atoms with Crippen LogP contribution < -0.4 is 10.3 Å². The summed E-state index contributed by atoms with van der Waals surface area (Å²) in [6, 6.07) is 19.8. The van der Waals surface area contributed by atoms with Gasteiger partial charge in [0.15, 0.2) is 0 Å². The Balaban J connectivity index is 1.52. The minimum atomic E-state index is -0.0317. The third-order valence-electron chi connectivity index (χ3n) is 4.38. The van der Waals surface area contributed by atoms with Gasteiger partial charge in [-0.15, -0.1) is 0 Å². The van der Waals surface area contributed by atoms with E-state index >= 15 is 0 Å². The maximum Gasteiger partial charge on any atom is 0.261 e. The van der Waals surface area contributed by atoms with E-state index in [1.165, 1.54) is 5.39 Å². The van der Waals surface area contributed by atoms with Crippen molar-refractivity contribution in [1.29, 1.82) is 0 Å². The standard InChI is InChI=1S/C21H18N2O2/c1-15-5-4-8-19-20(15)22-14-23(21(19)24)11-12-25-18-10-9-16-6-2-3-7-17(16)13-18/h2-10,13-14H,11-12H2,1H3. The molecule has 4 rings (SSSR count). The van der Waals surface area contributed by atoms with Crippen molar-refractivity contribution in [3.8, 4) is 5.75 Å². The fraction of sp³-hybridized carbons (Fsp3) is 0.143. The van der Waals surface area contributed by atoms with Crippen LogP contribution >= 0.6 is 0 Å². The molecule has 0 atom stereocenters. The highest BCUT2D eigenvalue weighted by Gasteiger charge is 2.06. The van der Waals surface area contributed by atoms with E-state index in [1.54, 1.807) is 10.9 Å². The first-order valence-electron chi connectivity index (χ1n) is 8.29. The van der Waals surface area contributed by atoms with Gasteiger partial charge in [-0.2, -0.15) is 0 Å². The summed E-state index contributed by atoms with van der Waals surface area (Å²) >= 11 is 0. The zero-order chi connectivity index (χ0) is 17.2. The molecular formula is C21H18N2O2. The number of rotatable bonds is 4. The van der Waals surface area contributed by atoms with Crippen LogP contribution in [0, 0.1) is 6.92 Å². The van der Waals surface area contributed by atoms with Crippen LogP contribution in [0.25, 0.3) is 21.7 Å². The lowest BCUT2D eigenvalue weighted by Gasteiger charge is -2.10. The molecular weight excluding hydrogens is 312 g/mol. The summed E-state index contributed by atoms with van der Waals surface area (Å²) < 4.78 is 7.42. The molecule has 0 fully saturated rings. The zero-order valence-electron chi connectivity index (χ0n) is 14.0. The van der Waals surface area contributed by atoms with E-state index in [0.29, 0.717) is 18.5 Å². The Bertz CT molecular complexity index is 1120. The second-order valence-electron chi connectivity index (χ2n) is 6.07. The van der Waals surface area contributed by atoms with E-state index in [4.69, 9.17) is 4.74 Å². The molecule has 0 saturated carbocycles. The van der Waals surface area contributed by atoms with Gasteiger partial charge in [0.25, 0.3) is 5.56 Å². The van der Waals surface area contributed by atoms with E-state index in [9.17, 15) is 4.79 Å². The Morgan fingerprint density at radius 3 is 2.72 bits per heavy atom. The number of aryl methyl sites for hydroxylation is 1. The SMILES string of the molecule is Cc1cccc2c(=O)n(CCOc3ccc4ccccc4c3)cnc12. The van der Waals surface area contributed by atoms with Crippen molar-refractivity contribution >= 4 is 21.7 Å². The second kappa shape index (κ2) is 6.40. The third-order valence-corrected chi connectivity index (χ3v) is 4.38. The molecule has 0 aliphatic carbocycles. The summed E-state index contributed by atoms with van der Waals surface area (Å²) in [7, 11) is 0. The Hall–Kier alpha value is -3.14. The van der Waals surface area contributed by atoms with Crippen molar-refractivity contribution < 1.29 is 4.74 Å². The number of fused-ring (bicyclic) bond motifs is 2. The molecule has 0 aliphatic heterocycles. The van der Waals surface area contributed by atoms with Crippen molar-refractivity contribution in [2.75, 3.05) is 6.61 Å². The minimum absolute atomic E-state index is 0.0317. The lowest BCUT2D eigenvalue weighted by atomic mass is 10.1. The number of hydrogen-bond acceptors (Lipinski definition) is 3. The van der Waals surface area contributed by atoms with Gasteiger partial charge in [-0.05, 0) is 41.5 Å². The predicted molar refractivity (Wildman–Crippen MR) is 100 cm³/mol. The molecule has 4 nitrogen and oxygen atoms in total. The van der Waals surface area contributed by atoms with Crippen LogP contribution in [0.3, 0.4) is 0 Å². The smallest absolute Gasteiger partial charge is 0.261 e. The molecule has 0 aliphatic rings. The quantitative estimate of drug-likeness (QED) is 0.569. The molecule has 0 N–H and O–H groups in total. The molecule has 0 saturated heterocycles. The van der Waals surface area contributed by atoms with E-state index in [1.807, 2.05) is 55.5 Å². The molecule has 1 heterocycles. The van der Waals surface area contributed by atoms with E-state index in [0.717, 1.165) is 22.2 Å². The van der Waals surface area contributed by atoms with Gasteiger partial charge in [0.1, 0.15) is 12.4 Å². The van der Waals surface area contributed by atoms with Crippen LogP contribution in [-0.2, 0) is 6.54 Å². The Morgan fingerprint density at radius 1 is 1.00 bits per heavy atom. The van der Waals surface area contributed by atoms with E-state index < -0.39 is 0 Å². The normalized spacial score (nSPS) is 11.1. The second-order valence-corrected chi connectivity index (χ2v) is 6.07. The molecule has 1 aromatic heterocycles.